The molecule has 0 atom stereocenters. The van der Waals surface area contributed by atoms with E-state index in [0.29, 0.717) is 16.1 Å². The summed E-state index contributed by atoms with van der Waals surface area (Å²) < 4.78 is 65.2. The number of amides is 2. The van der Waals surface area contributed by atoms with Crippen LogP contribution >= 0.6 is 11.3 Å². The quantitative estimate of drug-likeness (QED) is 0.268. The summed E-state index contributed by atoms with van der Waals surface area (Å²) in [5.74, 6) is -1.86. The molecular formula is C27H20F5N3O2S. The van der Waals surface area contributed by atoms with Crippen LogP contribution in [0, 0.1) is 11.6 Å². The van der Waals surface area contributed by atoms with Crippen LogP contribution in [-0.4, -0.2) is 21.7 Å². The van der Waals surface area contributed by atoms with E-state index < -0.39 is 29.4 Å². The molecule has 5 nitrogen and oxygen atoms in total. The van der Waals surface area contributed by atoms with Gasteiger partial charge in [0, 0.05) is 24.0 Å². The van der Waals surface area contributed by atoms with E-state index in [1.807, 2.05) is 0 Å². The van der Waals surface area contributed by atoms with Crippen molar-refractivity contribution in [2.24, 2.45) is 0 Å². The highest BCUT2D eigenvalue weighted by atomic mass is 32.1. The van der Waals surface area contributed by atoms with Gasteiger partial charge in [0.15, 0.2) is 0 Å². The first-order valence-corrected chi connectivity index (χ1v) is 12.1. The molecular weight excluding hydrogens is 525 g/mol. The fourth-order valence-electron chi connectivity index (χ4n) is 3.52. The summed E-state index contributed by atoms with van der Waals surface area (Å²) in [5, 5.41) is 4.63. The maximum Gasteiger partial charge on any atom is 0.416 e. The molecule has 4 rings (SSSR count). The first-order valence-electron chi connectivity index (χ1n) is 11.3. The average molecular weight is 546 g/mol. The number of rotatable bonds is 8. The summed E-state index contributed by atoms with van der Waals surface area (Å²) >= 11 is 1.14. The van der Waals surface area contributed by atoms with Crippen molar-refractivity contribution < 1.29 is 31.5 Å². The largest absolute Gasteiger partial charge is 0.416 e. The number of aromatic nitrogens is 1. The Bertz CT molecular complexity index is 1400. The molecule has 11 heteroatoms. The molecule has 1 aromatic heterocycles. The molecule has 1 heterocycles. The molecule has 0 aliphatic carbocycles. The van der Waals surface area contributed by atoms with E-state index in [2.05, 4.69) is 10.3 Å². The summed E-state index contributed by atoms with van der Waals surface area (Å²) in [6, 6.07) is 15.0. The first kappa shape index (κ1) is 26.9. The Labute approximate surface area is 218 Å². The third-order valence-electron chi connectivity index (χ3n) is 5.51. The summed E-state index contributed by atoms with van der Waals surface area (Å²) in [6.07, 6.45) is -4.54. The minimum absolute atomic E-state index is 0.0335. The summed E-state index contributed by atoms with van der Waals surface area (Å²) in [6.45, 7) is 0.161. The SMILES string of the molecule is O=C(NCc1ccc(F)cc1)c1csc(CN(Cc2ccc(F)cc2)C(=O)c2ccc(C(F)(F)F)cc2)n1. The number of halogens is 5. The van der Waals surface area contributed by atoms with Gasteiger partial charge in [0.25, 0.3) is 11.8 Å². The van der Waals surface area contributed by atoms with E-state index in [1.165, 1.54) is 46.7 Å². The Balaban J connectivity index is 1.49. The van der Waals surface area contributed by atoms with E-state index in [0.717, 1.165) is 35.6 Å². The highest BCUT2D eigenvalue weighted by Crippen LogP contribution is 2.29. The van der Waals surface area contributed by atoms with Gasteiger partial charge in [0.2, 0.25) is 0 Å². The molecule has 0 fully saturated rings. The van der Waals surface area contributed by atoms with Crippen molar-refractivity contribution in [3.8, 4) is 0 Å². The van der Waals surface area contributed by atoms with Gasteiger partial charge >= 0.3 is 6.18 Å². The third kappa shape index (κ3) is 7.00. The van der Waals surface area contributed by atoms with Crippen LogP contribution in [0.15, 0.2) is 78.2 Å². The second kappa shape index (κ2) is 11.5. The first-order chi connectivity index (χ1) is 18.1. The number of carbonyl (C=O) groups is 2. The van der Waals surface area contributed by atoms with Crippen LogP contribution in [0.25, 0.3) is 0 Å². The maximum atomic E-state index is 13.4. The van der Waals surface area contributed by atoms with Crippen LogP contribution < -0.4 is 5.32 Å². The van der Waals surface area contributed by atoms with Crippen molar-refractivity contribution in [1.29, 1.82) is 0 Å². The molecule has 2 amide bonds. The lowest BCUT2D eigenvalue weighted by Crippen LogP contribution is -2.30. The van der Waals surface area contributed by atoms with Crippen molar-refractivity contribution in [3.05, 3.63) is 123 Å². The van der Waals surface area contributed by atoms with Gasteiger partial charge in [-0.3, -0.25) is 9.59 Å². The molecule has 1 N–H and O–H groups in total. The Morgan fingerprint density at radius 3 is 1.97 bits per heavy atom. The Morgan fingerprint density at radius 2 is 1.39 bits per heavy atom. The van der Waals surface area contributed by atoms with E-state index in [-0.39, 0.29) is 36.7 Å². The zero-order valence-electron chi connectivity index (χ0n) is 19.6. The van der Waals surface area contributed by atoms with Crippen LogP contribution in [-0.2, 0) is 25.8 Å². The molecule has 0 aliphatic rings. The van der Waals surface area contributed by atoms with Gasteiger partial charge in [-0.2, -0.15) is 13.2 Å². The fraction of sp³-hybridized carbons (Fsp3) is 0.148. The van der Waals surface area contributed by atoms with Crippen molar-refractivity contribution in [2.75, 3.05) is 0 Å². The zero-order valence-corrected chi connectivity index (χ0v) is 20.5. The highest BCUT2D eigenvalue weighted by Gasteiger charge is 2.30. The van der Waals surface area contributed by atoms with Gasteiger partial charge in [-0.15, -0.1) is 11.3 Å². The summed E-state index contributed by atoms with van der Waals surface area (Å²) in [5.41, 5.74) is 0.573. The van der Waals surface area contributed by atoms with Crippen molar-refractivity contribution in [3.63, 3.8) is 0 Å². The lowest BCUT2D eigenvalue weighted by Gasteiger charge is -2.22. The van der Waals surface area contributed by atoms with Crippen molar-refractivity contribution >= 4 is 23.2 Å². The molecule has 0 aliphatic heterocycles. The van der Waals surface area contributed by atoms with E-state index >= 15 is 0 Å². The smallest absolute Gasteiger partial charge is 0.347 e. The average Bonchev–Trinajstić information content (AvgIpc) is 3.37. The van der Waals surface area contributed by atoms with Gasteiger partial charge in [-0.1, -0.05) is 24.3 Å². The van der Waals surface area contributed by atoms with Gasteiger partial charge in [0.05, 0.1) is 12.1 Å². The normalized spacial score (nSPS) is 11.3. The highest BCUT2D eigenvalue weighted by molar-refractivity contribution is 7.09. The number of alkyl halides is 3. The van der Waals surface area contributed by atoms with Gasteiger partial charge in [0.1, 0.15) is 22.3 Å². The van der Waals surface area contributed by atoms with Crippen LogP contribution in [0.3, 0.4) is 0 Å². The molecule has 3 aromatic carbocycles. The molecule has 0 radical (unpaired) electrons. The van der Waals surface area contributed by atoms with Crippen molar-refractivity contribution in [1.82, 2.24) is 15.2 Å². The predicted octanol–water partition coefficient (Wildman–Crippen LogP) is 6.21. The number of carbonyl (C=O) groups excluding carboxylic acids is 2. The molecule has 0 unspecified atom stereocenters. The van der Waals surface area contributed by atoms with Crippen LogP contribution in [0.5, 0.6) is 0 Å². The van der Waals surface area contributed by atoms with E-state index in [9.17, 15) is 31.5 Å². The molecule has 0 saturated carbocycles. The number of hydrogen-bond acceptors (Lipinski definition) is 4. The summed E-state index contributed by atoms with van der Waals surface area (Å²) in [7, 11) is 0. The number of thiazole rings is 1. The fourth-order valence-corrected chi connectivity index (χ4v) is 4.31. The molecule has 4 aromatic rings. The number of nitrogens with zero attached hydrogens (tertiary/aromatic N) is 2. The van der Waals surface area contributed by atoms with Gasteiger partial charge in [-0.05, 0) is 59.7 Å². The standard InChI is InChI=1S/C27H20F5N3O2S/c28-21-9-1-17(2-10-21)13-33-25(36)23-16-38-24(34-23)15-35(14-18-3-11-22(29)12-4-18)26(37)19-5-7-20(8-6-19)27(30,31)32/h1-12,16H,13-15H2,(H,33,36). The van der Waals surface area contributed by atoms with E-state index in [1.54, 1.807) is 12.1 Å². The Kier molecular flexibility index (Phi) is 8.16. The second-order valence-corrected chi connectivity index (χ2v) is 9.24. The maximum absolute atomic E-state index is 13.4. The predicted molar refractivity (Wildman–Crippen MR) is 131 cm³/mol. The van der Waals surface area contributed by atoms with Gasteiger partial charge in [-0.25, -0.2) is 13.8 Å². The third-order valence-corrected chi connectivity index (χ3v) is 6.34. The molecule has 196 valence electrons. The van der Waals surface area contributed by atoms with Gasteiger partial charge < -0.3 is 10.2 Å². The second-order valence-electron chi connectivity index (χ2n) is 8.30. The molecule has 0 spiro atoms. The minimum Gasteiger partial charge on any atom is -0.347 e. The Morgan fingerprint density at radius 1 is 0.816 bits per heavy atom. The van der Waals surface area contributed by atoms with E-state index in [4.69, 9.17) is 0 Å². The zero-order chi connectivity index (χ0) is 27.3. The lowest BCUT2D eigenvalue weighted by molar-refractivity contribution is -0.137. The molecule has 0 bridgehead atoms. The van der Waals surface area contributed by atoms with Crippen LogP contribution in [0.4, 0.5) is 22.0 Å². The monoisotopic (exact) mass is 545 g/mol. The molecule has 38 heavy (non-hydrogen) atoms. The number of benzene rings is 3. The number of nitrogens with one attached hydrogen (secondary N) is 1. The van der Waals surface area contributed by atoms with Crippen LogP contribution in [0.2, 0.25) is 0 Å². The Hall–Kier alpha value is -4.12. The van der Waals surface area contributed by atoms with Crippen LogP contribution in [0.1, 0.15) is 42.5 Å². The van der Waals surface area contributed by atoms with Crippen molar-refractivity contribution in [2.45, 2.75) is 25.8 Å². The lowest BCUT2D eigenvalue weighted by atomic mass is 10.1. The summed E-state index contributed by atoms with van der Waals surface area (Å²) in [4.78, 5) is 31.4. The molecule has 0 saturated heterocycles. The minimum atomic E-state index is -4.54. The number of hydrogen-bond donors (Lipinski definition) is 1. The topological polar surface area (TPSA) is 62.3 Å².